The van der Waals surface area contributed by atoms with Gasteiger partial charge < -0.3 is 20.9 Å². The number of carboxylic acids is 1. The first-order chi connectivity index (χ1) is 11.6. The molecule has 1 atom stereocenters. The Morgan fingerprint density at radius 1 is 1.24 bits per heavy atom. The number of alkyl carbamates (subject to hydrolysis) is 1. The molecule has 6 heteroatoms. The lowest BCUT2D eigenvalue weighted by molar-refractivity contribution is -0.153. The van der Waals surface area contributed by atoms with Crippen LogP contribution in [0.1, 0.15) is 58.1 Å². The molecule has 2 rings (SSSR count). The molecule has 0 radical (unpaired) electrons. The molecular weight excluding hydrogens is 320 g/mol. The molecule has 1 aliphatic rings. The van der Waals surface area contributed by atoms with Gasteiger partial charge in [-0.1, -0.05) is 30.3 Å². The Hall–Kier alpha value is -2.08. The molecule has 0 aromatic heterocycles. The van der Waals surface area contributed by atoms with E-state index in [1.807, 2.05) is 30.3 Å². The fourth-order valence-corrected chi connectivity index (χ4v) is 3.39. The number of benzene rings is 1. The Morgan fingerprint density at radius 2 is 1.80 bits per heavy atom. The highest BCUT2D eigenvalue weighted by molar-refractivity contribution is 5.78. The first kappa shape index (κ1) is 19.2. The minimum Gasteiger partial charge on any atom is -0.481 e. The molecule has 1 aliphatic carbocycles. The third-order valence-electron chi connectivity index (χ3n) is 4.69. The highest BCUT2D eigenvalue weighted by Crippen LogP contribution is 2.46. The van der Waals surface area contributed by atoms with Gasteiger partial charge in [-0.25, -0.2) is 4.79 Å². The third-order valence-corrected chi connectivity index (χ3v) is 4.69. The van der Waals surface area contributed by atoms with E-state index >= 15 is 0 Å². The van der Waals surface area contributed by atoms with Crippen molar-refractivity contribution in [3.05, 3.63) is 35.9 Å². The van der Waals surface area contributed by atoms with Crippen LogP contribution in [0.3, 0.4) is 0 Å². The lowest BCUT2D eigenvalue weighted by atomic mass is 9.66. The van der Waals surface area contributed by atoms with Crippen molar-refractivity contribution in [1.82, 2.24) is 5.32 Å². The van der Waals surface area contributed by atoms with Gasteiger partial charge in [0.25, 0.3) is 0 Å². The van der Waals surface area contributed by atoms with Gasteiger partial charge in [-0.3, -0.25) is 4.79 Å². The fraction of sp³-hybridized carbons (Fsp3) is 0.579. The molecule has 1 aromatic carbocycles. The Morgan fingerprint density at radius 3 is 2.28 bits per heavy atom. The standard InChI is InChI=1S/C19H28N2O4/c1-18(2,3)25-17(24)21-15(13-7-5-4-6-8-13)19(16(22)23)11-9-14(20)10-12-19/h4-8,14-15H,9-12,20H2,1-3H3,(H,21,24)(H,22,23). The third kappa shape index (κ3) is 4.72. The van der Waals surface area contributed by atoms with E-state index in [1.54, 1.807) is 20.8 Å². The number of carbonyl (C=O) groups excluding carboxylic acids is 1. The van der Waals surface area contributed by atoms with E-state index in [-0.39, 0.29) is 6.04 Å². The number of nitrogens with one attached hydrogen (secondary N) is 1. The van der Waals surface area contributed by atoms with Gasteiger partial charge in [-0.2, -0.15) is 0 Å². The van der Waals surface area contributed by atoms with Crippen LogP contribution in [0.5, 0.6) is 0 Å². The Bertz CT molecular complexity index is 602. The zero-order chi connectivity index (χ0) is 18.7. The van der Waals surface area contributed by atoms with Gasteiger partial charge in [-0.15, -0.1) is 0 Å². The molecule has 4 N–H and O–H groups in total. The van der Waals surface area contributed by atoms with Gasteiger partial charge in [0.2, 0.25) is 0 Å². The van der Waals surface area contributed by atoms with Crippen molar-refractivity contribution in [2.45, 2.75) is 64.1 Å². The minimum absolute atomic E-state index is 0.00502. The van der Waals surface area contributed by atoms with Crippen molar-refractivity contribution in [2.75, 3.05) is 0 Å². The van der Waals surface area contributed by atoms with Crippen LogP contribution in [-0.2, 0) is 9.53 Å². The summed E-state index contributed by atoms with van der Waals surface area (Å²) < 4.78 is 5.36. The van der Waals surface area contributed by atoms with Gasteiger partial charge in [-0.05, 0) is 52.0 Å². The first-order valence-corrected chi connectivity index (χ1v) is 8.67. The second-order valence-corrected chi connectivity index (χ2v) is 7.79. The number of amides is 1. The largest absolute Gasteiger partial charge is 0.481 e. The highest BCUT2D eigenvalue weighted by atomic mass is 16.6. The molecule has 1 unspecified atom stereocenters. The van der Waals surface area contributed by atoms with Crippen molar-refractivity contribution >= 4 is 12.1 Å². The smallest absolute Gasteiger partial charge is 0.408 e. The van der Waals surface area contributed by atoms with Gasteiger partial charge >= 0.3 is 12.1 Å². The zero-order valence-electron chi connectivity index (χ0n) is 15.1. The van der Waals surface area contributed by atoms with Crippen LogP contribution in [0.2, 0.25) is 0 Å². The van der Waals surface area contributed by atoms with Crippen molar-refractivity contribution in [2.24, 2.45) is 11.1 Å². The van der Waals surface area contributed by atoms with Gasteiger partial charge in [0.15, 0.2) is 0 Å². The molecule has 0 heterocycles. The predicted octanol–water partition coefficient (Wildman–Crippen LogP) is 3.22. The molecule has 0 bridgehead atoms. The average molecular weight is 348 g/mol. The van der Waals surface area contributed by atoms with Crippen LogP contribution in [0.15, 0.2) is 30.3 Å². The van der Waals surface area contributed by atoms with Gasteiger partial charge in [0.1, 0.15) is 5.60 Å². The van der Waals surface area contributed by atoms with Crippen molar-refractivity contribution in [1.29, 1.82) is 0 Å². The van der Waals surface area contributed by atoms with Crippen LogP contribution in [0.4, 0.5) is 4.79 Å². The lowest BCUT2D eigenvalue weighted by Gasteiger charge is -2.42. The maximum Gasteiger partial charge on any atom is 0.408 e. The van der Waals surface area contributed by atoms with Crippen LogP contribution < -0.4 is 11.1 Å². The Balaban J connectivity index is 2.36. The quantitative estimate of drug-likeness (QED) is 0.775. The number of hydrogen-bond donors (Lipinski definition) is 3. The van der Waals surface area contributed by atoms with E-state index in [1.165, 1.54) is 0 Å². The van der Waals surface area contributed by atoms with Crippen LogP contribution in [0.25, 0.3) is 0 Å². The summed E-state index contributed by atoms with van der Waals surface area (Å²) >= 11 is 0. The molecule has 1 amide bonds. The molecule has 1 saturated carbocycles. The number of carbonyl (C=O) groups is 2. The number of carboxylic acid groups (broad SMARTS) is 1. The Kier molecular flexibility index (Phi) is 5.72. The molecule has 1 fully saturated rings. The lowest BCUT2D eigenvalue weighted by Crippen LogP contribution is -2.50. The van der Waals surface area contributed by atoms with Gasteiger partial charge in [0, 0.05) is 6.04 Å². The summed E-state index contributed by atoms with van der Waals surface area (Å²) in [5, 5.41) is 12.8. The van der Waals surface area contributed by atoms with E-state index in [0.717, 1.165) is 5.56 Å². The maximum atomic E-state index is 12.4. The summed E-state index contributed by atoms with van der Waals surface area (Å²) in [6.07, 6.45) is 1.45. The summed E-state index contributed by atoms with van der Waals surface area (Å²) in [5.74, 6) is -0.913. The number of aliphatic carboxylic acids is 1. The summed E-state index contributed by atoms with van der Waals surface area (Å²) in [6, 6.07) is 8.53. The van der Waals surface area contributed by atoms with Crippen molar-refractivity contribution < 1.29 is 19.4 Å². The number of rotatable bonds is 4. The van der Waals surface area contributed by atoms with E-state index in [4.69, 9.17) is 10.5 Å². The van der Waals surface area contributed by atoms with E-state index in [2.05, 4.69) is 5.32 Å². The SMILES string of the molecule is CC(C)(C)OC(=O)NC(c1ccccc1)C1(C(=O)O)CCC(N)CC1. The van der Waals surface area contributed by atoms with Crippen molar-refractivity contribution in [3.8, 4) is 0 Å². The highest BCUT2D eigenvalue weighted by Gasteiger charge is 2.49. The molecule has 0 saturated heterocycles. The second-order valence-electron chi connectivity index (χ2n) is 7.79. The number of nitrogens with two attached hydrogens (primary N) is 1. The summed E-state index contributed by atoms with van der Waals surface area (Å²) in [4.78, 5) is 24.6. The molecule has 0 spiro atoms. The molecule has 138 valence electrons. The van der Waals surface area contributed by atoms with E-state index < -0.39 is 29.1 Å². The molecule has 25 heavy (non-hydrogen) atoms. The normalized spacial score (nSPS) is 25.0. The van der Waals surface area contributed by atoms with Crippen molar-refractivity contribution in [3.63, 3.8) is 0 Å². The molecule has 1 aromatic rings. The minimum atomic E-state index is -1.09. The first-order valence-electron chi connectivity index (χ1n) is 8.67. The fourth-order valence-electron chi connectivity index (χ4n) is 3.39. The summed E-state index contributed by atoms with van der Waals surface area (Å²) in [5.41, 5.74) is 4.98. The average Bonchev–Trinajstić information content (AvgIpc) is 2.53. The van der Waals surface area contributed by atoms with E-state index in [0.29, 0.717) is 25.7 Å². The number of hydrogen-bond acceptors (Lipinski definition) is 4. The van der Waals surface area contributed by atoms with Crippen LogP contribution in [-0.4, -0.2) is 28.8 Å². The second kappa shape index (κ2) is 7.44. The maximum absolute atomic E-state index is 12.4. The summed E-state index contributed by atoms with van der Waals surface area (Å²) in [7, 11) is 0. The predicted molar refractivity (Wildman–Crippen MR) is 95.1 cm³/mol. The van der Waals surface area contributed by atoms with Crippen LogP contribution >= 0.6 is 0 Å². The zero-order valence-corrected chi connectivity index (χ0v) is 15.1. The number of ether oxygens (including phenoxy) is 1. The molecule has 6 nitrogen and oxygen atoms in total. The van der Waals surface area contributed by atoms with Crippen LogP contribution in [0, 0.1) is 5.41 Å². The van der Waals surface area contributed by atoms with Gasteiger partial charge in [0.05, 0.1) is 11.5 Å². The topological polar surface area (TPSA) is 102 Å². The Labute approximate surface area is 148 Å². The monoisotopic (exact) mass is 348 g/mol. The van der Waals surface area contributed by atoms with E-state index in [9.17, 15) is 14.7 Å². The molecule has 0 aliphatic heterocycles. The molecular formula is C19H28N2O4. The summed E-state index contributed by atoms with van der Waals surface area (Å²) in [6.45, 7) is 5.32.